The van der Waals surface area contributed by atoms with Crippen LogP contribution in [0.3, 0.4) is 0 Å². The molecular weight excluding hydrogens is 164 g/mol. The third kappa shape index (κ3) is 2.08. The van der Waals surface area contributed by atoms with Crippen LogP contribution in [0, 0.1) is 0 Å². The molecule has 70 valence electrons. The first kappa shape index (κ1) is 8.73. The first-order valence-electron chi connectivity index (χ1n) is 4.60. The van der Waals surface area contributed by atoms with Crippen molar-refractivity contribution in [2.24, 2.45) is 0 Å². The second-order valence-corrected chi connectivity index (χ2v) is 3.49. The lowest BCUT2D eigenvalue weighted by atomic mass is 10.1. The zero-order valence-corrected chi connectivity index (χ0v) is 7.82. The Kier molecular flexibility index (Phi) is 2.34. The van der Waals surface area contributed by atoms with Gasteiger partial charge in [-0.15, -0.1) is 0 Å². The minimum atomic E-state index is -0.401. The molecule has 0 spiro atoms. The van der Waals surface area contributed by atoms with Crippen LogP contribution < -0.4 is 0 Å². The second-order valence-electron chi connectivity index (χ2n) is 3.49. The highest BCUT2D eigenvalue weighted by Crippen LogP contribution is 2.23. The monoisotopic (exact) mass is 178 g/mol. The van der Waals surface area contributed by atoms with Gasteiger partial charge in [-0.05, 0) is 12.5 Å². The van der Waals surface area contributed by atoms with Crippen LogP contribution in [0.5, 0.6) is 0 Å². The highest BCUT2D eigenvalue weighted by Gasteiger charge is 2.30. The molecule has 2 nitrogen and oxygen atoms in total. The molecule has 1 aliphatic heterocycles. The molecule has 0 aliphatic carbocycles. The fourth-order valence-corrected chi connectivity index (χ4v) is 1.63. The van der Waals surface area contributed by atoms with Crippen LogP contribution >= 0.6 is 0 Å². The first-order valence-corrected chi connectivity index (χ1v) is 4.60. The summed E-state index contributed by atoms with van der Waals surface area (Å²) in [5.74, 6) is -0.401. The zero-order chi connectivity index (χ0) is 9.15. The van der Waals surface area contributed by atoms with Crippen molar-refractivity contribution in [2.75, 3.05) is 13.2 Å². The van der Waals surface area contributed by atoms with Gasteiger partial charge < -0.3 is 9.47 Å². The van der Waals surface area contributed by atoms with Gasteiger partial charge in [-0.3, -0.25) is 0 Å². The Morgan fingerprint density at radius 1 is 1.15 bits per heavy atom. The Labute approximate surface area is 78.5 Å². The molecule has 0 bridgehead atoms. The van der Waals surface area contributed by atoms with Crippen LogP contribution in [0.2, 0.25) is 0 Å². The van der Waals surface area contributed by atoms with Gasteiger partial charge in [0.25, 0.3) is 0 Å². The standard InChI is InChI=1S/C11H14O2/c1-11(12-7-8-13-11)9-10-5-3-2-4-6-10/h2-6H,7-9H2,1H3. The van der Waals surface area contributed by atoms with Crippen molar-refractivity contribution in [3.05, 3.63) is 35.9 Å². The Hall–Kier alpha value is -0.860. The fourth-order valence-electron chi connectivity index (χ4n) is 1.63. The molecule has 13 heavy (non-hydrogen) atoms. The van der Waals surface area contributed by atoms with E-state index in [0.717, 1.165) is 6.42 Å². The molecule has 0 unspecified atom stereocenters. The average molecular weight is 178 g/mol. The van der Waals surface area contributed by atoms with E-state index >= 15 is 0 Å². The predicted octanol–water partition coefficient (Wildman–Crippen LogP) is 1.99. The molecule has 1 aromatic carbocycles. The van der Waals surface area contributed by atoms with Gasteiger partial charge in [0.05, 0.1) is 13.2 Å². The van der Waals surface area contributed by atoms with Gasteiger partial charge >= 0.3 is 0 Å². The molecule has 0 aromatic heterocycles. The molecule has 0 amide bonds. The van der Waals surface area contributed by atoms with Crippen LogP contribution in [0.25, 0.3) is 0 Å². The van der Waals surface area contributed by atoms with E-state index in [1.54, 1.807) is 0 Å². The van der Waals surface area contributed by atoms with Crippen LogP contribution in [-0.4, -0.2) is 19.0 Å². The summed E-state index contributed by atoms with van der Waals surface area (Å²) in [5.41, 5.74) is 1.26. The number of ether oxygens (including phenoxy) is 2. The fraction of sp³-hybridized carbons (Fsp3) is 0.455. The van der Waals surface area contributed by atoms with Crippen molar-refractivity contribution >= 4 is 0 Å². The van der Waals surface area contributed by atoms with E-state index in [2.05, 4.69) is 12.1 Å². The first-order chi connectivity index (χ1) is 6.29. The van der Waals surface area contributed by atoms with E-state index in [1.165, 1.54) is 5.56 Å². The molecule has 1 heterocycles. The predicted molar refractivity (Wildman–Crippen MR) is 50.5 cm³/mol. The Morgan fingerprint density at radius 3 is 2.38 bits per heavy atom. The third-order valence-corrected chi connectivity index (χ3v) is 2.27. The number of hydrogen-bond donors (Lipinski definition) is 0. The second kappa shape index (κ2) is 3.48. The average Bonchev–Trinajstić information content (AvgIpc) is 2.54. The van der Waals surface area contributed by atoms with Crippen LogP contribution in [-0.2, 0) is 15.9 Å². The van der Waals surface area contributed by atoms with E-state index in [9.17, 15) is 0 Å². The summed E-state index contributed by atoms with van der Waals surface area (Å²) in [7, 11) is 0. The SMILES string of the molecule is CC1(Cc2ccccc2)OCCO1. The summed E-state index contributed by atoms with van der Waals surface area (Å²) in [6, 6.07) is 10.3. The van der Waals surface area contributed by atoms with Crippen LogP contribution in [0.1, 0.15) is 12.5 Å². The molecule has 1 saturated heterocycles. The Morgan fingerprint density at radius 2 is 1.77 bits per heavy atom. The maximum atomic E-state index is 5.52. The largest absolute Gasteiger partial charge is 0.347 e. The molecule has 0 N–H and O–H groups in total. The van der Waals surface area contributed by atoms with E-state index in [1.807, 2.05) is 25.1 Å². The molecule has 2 rings (SSSR count). The van der Waals surface area contributed by atoms with Crippen molar-refractivity contribution in [3.63, 3.8) is 0 Å². The maximum Gasteiger partial charge on any atom is 0.169 e. The van der Waals surface area contributed by atoms with Crippen molar-refractivity contribution in [1.29, 1.82) is 0 Å². The van der Waals surface area contributed by atoms with Crippen molar-refractivity contribution in [3.8, 4) is 0 Å². The van der Waals surface area contributed by atoms with Crippen molar-refractivity contribution in [1.82, 2.24) is 0 Å². The summed E-state index contributed by atoms with van der Waals surface area (Å²) < 4.78 is 11.0. The number of hydrogen-bond acceptors (Lipinski definition) is 2. The summed E-state index contributed by atoms with van der Waals surface area (Å²) >= 11 is 0. The summed E-state index contributed by atoms with van der Waals surface area (Å²) in [6.45, 7) is 3.42. The van der Waals surface area contributed by atoms with Gasteiger partial charge in [0.1, 0.15) is 0 Å². The lowest BCUT2D eigenvalue weighted by molar-refractivity contribution is -0.140. The lowest BCUT2D eigenvalue weighted by Crippen LogP contribution is -2.28. The highest BCUT2D eigenvalue weighted by atomic mass is 16.7. The van der Waals surface area contributed by atoms with E-state index in [-0.39, 0.29) is 0 Å². The Bertz CT molecular complexity index is 263. The number of rotatable bonds is 2. The van der Waals surface area contributed by atoms with Gasteiger partial charge in [0.2, 0.25) is 0 Å². The highest BCUT2D eigenvalue weighted by molar-refractivity contribution is 5.16. The van der Waals surface area contributed by atoms with E-state index in [0.29, 0.717) is 13.2 Å². The van der Waals surface area contributed by atoms with E-state index in [4.69, 9.17) is 9.47 Å². The third-order valence-electron chi connectivity index (χ3n) is 2.27. The van der Waals surface area contributed by atoms with Gasteiger partial charge in [-0.25, -0.2) is 0 Å². The van der Waals surface area contributed by atoms with Gasteiger partial charge in [-0.1, -0.05) is 30.3 Å². The van der Waals surface area contributed by atoms with E-state index < -0.39 is 5.79 Å². The van der Waals surface area contributed by atoms with Crippen LogP contribution in [0.15, 0.2) is 30.3 Å². The summed E-state index contributed by atoms with van der Waals surface area (Å²) in [6.07, 6.45) is 0.827. The number of benzene rings is 1. The van der Waals surface area contributed by atoms with Gasteiger partial charge in [-0.2, -0.15) is 0 Å². The lowest BCUT2D eigenvalue weighted by Gasteiger charge is -2.21. The smallest absolute Gasteiger partial charge is 0.169 e. The maximum absolute atomic E-state index is 5.52. The molecule has 0 atom stereocenters. The molecule has 1 fully saturated rings. The quantitative estimate of drug-likeness (QED) is 0.689. The molecule has 2 heteroatoms. The summed E-state index contributed by atoms with van der Waals surface area (Å²) in [4.78, 5) is 0. The minimum Gasteiger partial charge on any atom is -0.347 e. The van der Waals surface area contributed by atoms with Crippen molar-refractivity contribution in [2.45, 2.75) is 19.1 Å². The minimum absolute atomic E-state index is 0.401. The summed E-state index contributed by atoms with van der Waals surface area (Å²) in [5, 5.41) is 0. The molecule has 1 aliphatic rings. The normalized spacial score (nSPS) is 20.4. The topological polar surface area (TPSA) is 18.5 Å². The van der Waals surface area contributed by atoms with Crippen molar-refractivity contribution < 1.29 is 9.47 Å². The molecule has 0 radical (unpaired) electrons. The molecule has 0 saturated carbocycles. The Balaban J connectivity index is 2.05. The molecular formula is C11H14O2. The van der Waals surface area contributed by atoms with Gasteiger partial charge in [0, 0.05) is 6.42 Å². The zero-order valence-electron chi connectivity index (χ0n) is 7.82. The van der Waals surface area contributed by atoms with Gasteiger partial charge in [0.15, 0.2) is 5.79 Å². The van der Waals surface area contributed by atoms with Crippen LogP contribution in [0.4, 0.5) is 0 Å². The molecule has 1 aromatic rings.